The van der Waals surface area contributed by atoms with Crippen LogP contribution in [0.4, 0.5) is 9.59 Å². The lowest BCUT2D eigenvalue weighted by atomic mass is 9.51. The highest BCUT2D eigenvalue weighted by Gasteiger charge is 2.51. The highest BCUT2D eigenvalue weighted by atomic mass is 16.6. The first kappa shape index (κ1) is 34.8. The van der Waals surface area contributed by atoms with Crippen molar-refractivity contribution in [3.8, 4) is 0 Å². The highest BCUT2D eigenvalue weighted by Crippen LogP contribution is 2.57. The number of hydrogen-bond acceptors (Lipinski definition) is 4. The van der Waals surface area contributed by atoms with Crippen molar-refractivity contribution < 1.29 is 19.1 Å². The molecule has 2 aliphatic carbocycles. The van der Waals surface area contributed by atoms with Crippen LogP contribution in [0, 0.1) is 11.8 Å². The average Bonchev–Trinajstić information content (AvgIpc) is 3.01. The molecule has 2 aliphatic rings. The molecule has 4 rings (SSSR count). The van der Waals surface area contributed by atoms with Crippen molar-refractivity contribution in [2.75, 3.05) is 0 Å². The van der Waals surface area contributed by atoms with Gasteiger partial charge < -0.3 is 20.9 Å². The summed E-state index contributed by atoms with van der Waals surface area (Å²) in [5, 5.41) is 0. The molecule has 0 saturated heterocycles. The lowest BCUT2D eigenvalue weighted by Gasteiger charge is -2.53. The Kier molecular flexibility index (Phi) is 12.8. The largest absolute Gasteiger partial charge is 0.446 e. The quantitative estimate of drug-likeness (QED) is 0.220. The van der Waals surface area contributed by atoms with Crippen LogP contribution in [-0.2, 0) is 40.6 Å². The molecule has 0 aromatic heterocycles. The zero-order valence-corrected chi connectivity index (χ0v) is 28.4. The summed E-state index contributed by atoms with van der Waals surface area (Å²) >= 11 is 0. The predicted molar refractivity (Wildman–Crippen MR) is 182 cm³/mol. The number of benzene rings is 2. The van der Waals surface area contributed by atoms with Crippen LogP contribution in [0.3, 0.4) is 0 Å². The van der Waals surface area contributed by atoms with Gasteiger partial charge in [-0.2, -0.15) is 0 Å². The number of ether oxygens (including phenoxy) is 2. The molecule has 0 aliphatic heterocycles. The summed E-state index contributed by atoms with van der Waals surface area (Å²) in [5.41, 5.74) is 19.5. The van der Waals surface area contributed by atoms with Gasteiger partial charge in [0.2, 0.25) is 0 Å². The van der Waals surface area contributed by atoms with E-state index in [1.807, 2.05) is 0 Å². The SMILES string of the molecule is CCCc1ccc(C(c2ccc(CCC)cc2CCC)(C2CCC(OC(N)=O)CC2)C2CCC(OC(N)=O)CC2)c(CCC)c1. The van der Waals surface area contributed by atoms with E-state index in [1.54, 1.807) is 0 Å². The van der Waals surface area contributed by atoms with Gasteiger partial charge in [0.1, 0.15) is 12.2 Å². The molecule has 0 bridgehead atoms. The molecule has 0 atom stereocenters. The molecule has 0 unspecified atom stereocenters. The summed E-state index contributed by atoms with van der Waals surface area (Å²) < 4.78 is 11.1. The Balaban J connectivity index is 1.97. The molecule has 2 amide bonds. The second-order valence-corrected chi connectivity index (χ2v) is 13.7. The van der Waals surface area contributed by atoms with Gasteiger partial charge >= 0.3 is 12.2 Å². The van der Waals surface area contributed by atoms with Crippen molar-refractivity contribution in [3.63, 3.8) is 0 Å². The van der Waals surface area contributed by atoms with Crippen LogP contribution in [0.2, 0.25) is 0 Å². The monoisotopic (exact) mass is 618 g/mol. The predicted octanol–water partition coefficient (Wildman–Crippen LogP) is 9.09. The fourth-order valence-corrected chi connectivity index (χ4v) is 8.90. The van der Waals surface area contributed by atoms with E-state index in [0.717, 1.165) is 103 Å². The van der Waals surface area contributed by atoms with Gasteiger partial charge in [0.05, 0.1) is 0 Å². The number of rotatable bonds is 14. The summed E-state index contributed by atoms with van der Waals surface area (Å²) in [5.74, 6) is 0.758. The van der Waals surface area contributed by atoms with E-state index in [0.29, 0.717) is 11.8 Å². The van der Waals surface area contributed by atoms with Crippen LogP contribution in [0.15, 0.2) is 36.4 Å². The lowest BCUT2D eigenvalue weighted by molar-refractivity contribution is 0.0275. The van der Waals surface area contributed by atoms with E-state index in [2.05, 4.69) is 64.1 Å². The van der Waals surface area contributed by atoms with Crippen molar-refractivity contribution in [1.29, 1.82) is 0 Å². The van der Waals surface area contributed by atoms with Crippen molar-refractivity contribution in [1.82, 2.24) is 0 Å². The fraction of sp³-hybridized carbons (Fsp3) is 0.641. The molecule has 2 saturated carbocycles. The fourth-order valence-electron chi connectivity index (χ4n) is 8.90. The zero-order valence-electron chi connectivity index (χ0n) is 28.4. The maximum Gasteiger partial charge on any atom is 0.404 e. The van der Waals surface area contributed by atoms with Crippen molar-refractivity contribution in [3.05, 3.63) is 69.8 Å². The molecule has 6 heteroatoms. The molecular weight excluding hydrogens is 560 g/mol. The number of nitrogens with two attached hydrogens (primary N) is 2. The molecule has 0 radical (unpaired) electrons. The molecule has 2 fully saturated rings. The van der Waals surface area contributed by atoms with Gasteiger partial charge in [0.15, 0.2) is 0 Å². The Morgan fingerprint density at radius 3 is 1.27 bits per heavy atom. The normalized spacial score (nSPS) is 22.1. The third-order valence-corrected chi connectivity index (χ3v) is 10.5. The number of aryl methyl sites for hydroxylation is 4. The van der Waals surface area contributed by atoms with E-state index in [9.17, 15) is 9.59 Å². The maximum absolute atomic E-state index is 11.7. The molecule has 6 nitrogen and oxygen atoms in total. The average molecular weight is 619 g/mol. The Morgan fingerprint density at radius 2 is 0.956 bits per heavy atom. The zero-order chi connectivity index (χ0) is 32.4. The molecule has 0 heterocycles. The summed E-state index contributed by atoms with van der Waals surface area (Å²) in [6.45, 7) is 9.09. The van der Waals surface area contributed by atoms with Gasteiger partial charge in [-0.1, -0.05) is 89.8 Å². The summed E-state index contributed by atoms with van der Waals surface area (Å²) in [4.78, 5) is 23.4. The minimum absolute atomic E-state index is 0.125. The molecule has 45 heavy (non-hydrogen) atoms. The van der Waals surface area contributed by atoms with Crippen LogP contribution < -0.4 is 11.5 Å². The third-order valence-electron chi connectivity index (χ3n) is 10.5. The van der Waals surface area contributed by atoms with Gasteiger partial charge in [-0.05, 0) is 122 Å². The van der Waals surface area contributed by atoms with Crippen molar-refractivity contribution in [2.24, 2.45) is 23.3 Å². The maximum atomic E-state index is 11.7. The molecule has 0 spiro atoms. The Bertz CT molecular complexity index is 1160. The van der Waals surface area contributed by atoms with Crippen LogP contribution in [0.1, 0.15) is 138 Å². The molecule has 2 aromatic carbocycles. The first-order chi connectivity index (χ1) is 21.8. The molecule has 2 aromatic rings. The molecule has 4 N–H and O–H groups in total. The van der Waals surface area contributed by atoms with E-state index < -0.39 is 12.2 Å². The van der Waals surface area contributed by atoms with Crippen LogP contribution in [0.5, 0.6) is 0 Å². The Morgan fingerprint density at radius 1 is 0.600 bits per heavy atom. The summed E-state index contributed by atoms with van der Waals surface area (Å²) in [7, 11) is 0. The summed E-state index contributed by atoms with van der Waals surface area (Å²) in [6, 6.07) is 14.8. The van der Waals surface area contributed by atoms with Gasteiger partial charge in [0.25, 0.3) is 0 Å². The number of amides is 2. The van der Waals surface area contributed by atoms with Crippen LogP contribution >= 0.6 is 0 Å². The van der Waals surface area contributed by atoms with Crippen LogP contribution in [-0.4, -0.2) is 24.4 Å². The van der Waals surface area contributed by atoms with Gasteiger partial charge in [-0.25, -0.2) is 9.59 Å². The van der Waals surface area contributed by atoms with Crippen LogP contribution in [0.25, 0.3) is 0 Å². The first-order valence-electron chi connectivity index (χ1n) is 17.9. The molecular formula is C39H58N2O4. The summed E-state index contributed by atoms with van der Waals surface area (Å²) in [6.07, 6.45) is 14.3. The van der Waals surface area contributed by atoms with Crippen molar-refractivity contribution in [2.45, 2.75) is 148 Å². The smallest absolute Gasteiger partial charge is 0.404 e. The van der Waals surface area contributed by atoms with Gasteiger partial charge in [0, 0.05) is 5.41 Å². The Labute approximate surface area is 272 Å². The van der Waals surface area contributed by atoms with E-state index in [1.165, 1.54) is 33.4 Å². The lowest BCUT2D eigenvalue weighted by Crippen LogP contribution is -2.49. The van der Waals surface area contributed by atoms with E-state index in [-0.39, 0.29) is 17.6 Å². The van der Waals surface area contributed by atoms with Crippen molar-refractivity contribution >= 4 is 12.2 Å². The second-order valence-electron chi connectivity index (χ2n) is 13.7. The second kappa shape index (κ2) is 16.5. The number of primary amides is 2. The highest BCUT2D eigenvalue weighted by molar-refractivity contribution is 5.65. The van der Waals surface area contributed by atoms with E-state index in [4.69, 9.17) is 20.9 Å². The van der Waals surface area contributed by atoms with Gasteiger partial charge in [-0.15, -0.1) is 0 Å². The minimum Gasteiger partial charge on any atom is -0.446 e. The van der Waals surface area contributed by atoms with Gasteiger partial charge in [-0.3, -0.25) is 0 Å². The number of carbonyl (C=O) groups is 2. The third kappa shape index (κ3) is 8.23. The standard InChI is InChI=1S/C39H58N2O4/c1-5-9-27-13-23-35(29(25-27)11-7-3)39(31-15-19-33(20-16-31)44-37(40)42,32-17-21-34(22-18-32)45-38(41)43)36-24-14-28(10-6-2)26-30(36)12-8-4/h13-14,23-26,31-34H,5-12,15-22H2,1-4H3,(H2,40,42)(H2,41,43). The number of hydrogen-bond donors (Lipinski definition) is 2. The minimum atomic E-state index is -0.675. The first-order valence-corrected chi connectivity index (χ1v) is 17.9. The number of carbonyl (C=O) groups excluding carboxylic acids is 2. The van der Waals surface area contributed by atoms with E-state index >= 15 is 0 Å². The molecule has 248 valence electrons. The Hall–Kier alpha value is -3.02. The topological polar surface area (TPSA) is 105 Å².